The predicted octanol–water partition coefficient (Wildman–Crippen LogP) is -1.27. The normalized spacial score (nSPS) is 11.3. The Kier molecular flexibility index (Phi) is 4.43. The van der Waals surface area contributed by atoms with Gasteiger partial charge >= 0.3 is 21.2 Å². The lowest BCUT2D eigenvalue weighted by Gasteiger charge is -2.05. The van der Waals surface area contributed by atoms with Crippen LogP contribution in [0.25, 0.3) is 0 Å². The molecule has 0 unspecified atom stereocenters. The van der Waals surface area contributed by atoms with E-state index in [1.807, 2.05) is 24.3 Å². The van der Waals surface area contributed by atoms with Crippen LogP contribution in [0.1, 0.15) is 0 Å². The zero-order chi connectivity index (χ0) is 13.9. The summed E-state index contributed by atoms with van der Waals surface area (Å²) in [6.07, 6.45) is 0. The van der Waals surface area contributed by atoms with Crippen LogP contribution in [-0.4, -0.2) is 20.1 Å². The summed E-state index contributed by atoms with van der Waals surface area (Å²) in [7, 11) is -2.83. The van der Waals surface area contributed by atoms with Crippen molar-refractivity contribution in [1.82, 2.24) is 0 Å². The molecule has 0 aromatic heterocycles. The Morgan fingerprint density at radius 2 is 1.68 bits per heavy atom. The largest absolute Gasteiger partial charge is 0.744 e. The lowest BCUT2D eigenvalue weighted by Crippen LogP contribution is -3.61. The summed E-state index contributed by atoms with van der Waals surface area (Å²) in [5.41, 5.74) is 0. The summed E-state index contributed by atoms with van der Waals surface area (Å²) >= 11 is -0.712. The molecule has 0 atom stereocenters. The monoisotopic (exact) mass is 390 g/mol. The molecule has 0 spiro atoms. The van der Waals surface area contributed by atoms with E-state index in [-0.39, 0.29) is 4.90 Å². The minimum atomic E-state index is -4.41. The second-order valence-corrected chi connectivity index (χ2v) is 7.93. The number of benzene rings is 2. The Bertz CT molecular complexity index is 665. The Balaban J connectivity index is 2.33. The van der Waals surface area contributed by atoms with Crippen LogP contribution in [-0.2, 0) is 10.1 Å². The highest BCUT2D eigenvalue weighted by Gasteiger charge is 2.22. The van der Waals surface area contributed by atoms with E-state index in [1.165, 1.54) is 6.07 Å². The summed E-state index contributed by atoms with van der Waals surface area (Å²) in [5.74, 6) is 0.748. The van der Waals surface area contributed by atoms with Gasteiger partial charge in [0, 0.05) is 0 Å². The molecule has 4 nitrogen and oxygen atoms in total. The maximum absolute atomic E-state index is 11.2. The topological polar surface area (TPSA) is 66.4 Å². The molecule has 0 aliphatic carbocycles. The van der Waals surface area contributed by atoms with E-state index in [2.05, 4.69) is 0 Å². The molecule has 0 aliphatic heterocycles. The highest BCUT2D eigenvalue weighted by molar-refractivity contribution is 7.85. The van der Waals surface area contributed by atoms with Gasteiger partial charge < -0.3 is 9.29 Å². The third kappa shape index (κ3) is 3.68. The summed E-state index contributed by atoms with van der Waals surface area (Å²) < 4.78 is 40.3. The Morgan fingerprint density at radius 3 is 2.26 bits per heavy atom. The number of hydrogen-bond acceptors (Lipinski definition) is 4. The second kappa shape index (κ2) is 5.89. The van der Waals surface area contributed by atoms with Gasteiger partial charge in [0.25, 0.3) is 0 Å². The SMILES string of the molecule is COc1ccc([I+]c2ccccc2S(=O)(=O)[O-])cc1. The van der Waals surface area contributed by atoms with Crippen molar-refractivity contribution in [2.75, 3.05) is 7.11 Å². The first kappa shape index (κ1) is 14.3. The van der Waals surface area contributed by atoms with Crippen molar-refractivity contribution in [2.45, 2.75) is 4.90 Å². The first-order chi connectivity index (χ1) is 9.00. The van der Waals surface area contributed by atoms with Crippen molar-refractivity contribution in [3.05, 3.63) is 55.7 Å². The van der Waals surface area contributed by atoms with Crippen LogP contribution < -0.4 is 25.9 Å². The molecule has 0 saturated heterocycles. The fourth-order valence-corrected chi connectivity index (χ4v) is 5.32. The van der Waals surface area contributed by atoms with Crippen LogP contribution in [0.15, 0.2) is 53.4 Å². The van der Waals surface area contributed by atoms with Crippen molar-refractivity contribution in [3.8, 4) is 5.75 Å². The average Bonchev–Trinajstić information content (AvgIpc) is 2.39. The molecule has 100 valence electrons. The van der Waals surface area contributed by atoms with Gasteiger partial charge in [-0.25, -0.2) is 8.42 Å². The predicted molar refractivity (Wildman–Crippen MR) is 64.8 cm³/mol. The summed E-state index contributed by atoms with van der Waals surface area (Å²) in [5, 5.41) is 0. The molecule has 2 aromatic rings. The molecule has 0 heterocycles. The van der Waals surface area contributed by atoms with Gasteiger partial charge in [0.15, 0.2) is 3.57 Å². The van der Waals surface area contributed by atoms with E-state index in [9.17, 15) is 13.0 Å². The summed E-state index contributed by atoms with van der Waals surface area (Å²) in [6.45, 7) is 0. The highest BCUT2D eigenvalue weighted by atomic mass is 127. The van der Waals surface area contributed by atoms with Crippen LogP contribution in [0.3, 0.4) is 0 Å². The van der Waals surface area contributed by atoms with E-state index in [0.717, 1.165) is 9.32 Å². The summed E-state index contributed by atoms with van der Waals surface area (Å²) in [4.78, 5) is -0.112. The number of methoxy groups -OCH3 is 1. The van der Waals surface area contributed by atoms with Crippen LogP contribution >= 0.6 is 0 Å². The molecule has 2 rings (SSSR count). The molecule has 0 N–H and O–H groups in total. The number of hydrogen-bond donors (Lipinski definition) is 0. The Hall–Kier alpha value is -1.12. The average molecular weight is 390 g/mol. The molecule has 6 heteroatoms. The van der Waals surface area contributed by atoms with Crippen molar-refractivity contribution in [1.29, 1.82) is 0 Å². The zero-order valence-corrected chi connectivity index (χ0v) is 13.0. The maximum Gasteiger partial charge on any atom is 0.359 e. The van der Waals surface area contributed by atoms with E-state index < -0.39 is 31.3 Å². The van der Waals surface area contributed by atoms with Crippen LogP contribution in [0.2, 0.25) is 0 Å². The van der Waals surface area contributed by atoms with Gasteiger partial charge in [-0.15, -0.1) is 0 Å². The van der Waals surface area contributed by atoms with Crippen LogP contribution in [0.5, 0.6) is 5.75 Å². The van der Waals surface area contributed by atoms with Gasteiger partial charge in [-0.2, -0.15) is 0 Å². The third-order valence-corrected chi connectivity index (χ3v) is 6.49. The Morgan fingerprint density at radius 1 is 1.05 bits per heavy atom. The highest BCUT2D eigenvalue weighted by Crippen LogP contribution is 2.08. The smallest absolute Gasteiger partial charge is 0.359 e. The molecule has 0 aliphatic rings. The molecule has 0 bridgehead atoms. The molecule has 0 fully saturated rings. The van der Waals surface area contributed by atoms with Crippen LogP contribution in [0, 0.1) is 7.14 Å². The Labute approximate surface area is 122 Å². The minimum absolute atomic E-state index is 0.112. The van der Waals surface area contributed by atoms with Gasteiger partial charge in [-0.3, -0.25) is 0 Å². The van der Waals surface area contributed by atoms with Crippen molar-refractivity contribution >= 4 is 10.1 Å². The lowest BCUT2D eigenvalue weighted by atomic mass is 10.3. The second-order valence-electron chi connectivity index (χ2n) is 3.64. The van der Waals surface area contributed by atoms with Crippen molar-refractivity contribution in [2.24, 2.45) is 0 Å². The van der Waals surface area contributed by atoms with E-state index in [0.29, 0.717) is 3.57 Å². The zero-order valence-electron chi connectivity index (χ0n) is 10.0. The van der Waals surface area contributed by atoms with E-state index in [4.69, 9.17) is 4.74 Å². The van der Waals surface area contributed by atoms with Gasteiger partial charge in [0.2, 0.25) is 3.57 Å². The van der Waals surface area contributed by atoms with Crippen LogP contribution in [0.4, 0.5) is 0 Å². The first-order valence-corrected chi connectivity index (χ1v) is 8.91. The molecule has 19 heavy (non-hydrogen) atoms. The molecular weight excluding hydrogens is 379 g/mol. The molecular formula is C13H11IO4S. The standard InChI is InChI=1S/C13H11IO4S/c1-18-11-8-6-10(7-9-11)14-12-4-2-3-5-13(12)19(15,16)17/h2-9H,1H3. The van der Waals surface area contributed by atoms with Gasteiger partial charge in [-0.1, -0.05) is 12.1 Å². The maximum atomic E-state index is 11.2. The lowest BCUT2D eigenvalue weighted by molar-refractivity contribution is -0.601. The number of rotatable bonds is 4. The molecule has 0 amide bonds. The van der Waals surface area contributed by atoms with Crippen molar-refractivity contribution in [3.63, 3.8) is 0 Å². The van der Waals surface area contributed by atoms with E-state index in [1.54, 1.807) is 25.3 Å². The fraction of sp³-hybridized carbons (Fsp3) is 0.0769. The van der Waals surface area contributed by atoms with Crippen molar-refractivity contribution < 1.29 is 38.9 Å². The number of ether oxygens (including phenoxy) is 1. The molecule has 2 aromatic carbocycles. The molecule has 0 saturated carbocycles. The van der Waals surface area contributed by atoms with Gasteiger partial charge in [0.1, 0.15) is 20.8 Å². The number of halogens is 1. The summed E-state index contributed by atoms with van der Waals surface area (Å²) in [6, 6.07) is 13.8. The van der Waals surface area contributed by atoms with Gasteiger partial charge in [0.05, 0.1) is 7.11 Å². The fourth-order valence-electron chi connectivity index (χ4n) is 1.48. The first-order valence-electron chi connectivity index (χ1n) is 5.34. The quantitative estimate of drug-likeness (QED) is 0.483. The van der Waals surface area contributed by atoms with E-state index >= 15 is 0 Å². The third-order valence-electron chi connectivity index (χ3n) is 2.37. The molecule has 0 radical (unpaired) electrons. The minimum Gasteiger partial charge on any atom is -0.744 e. The van der Waals surface area contributed by atoms with Gasteiger partial charge in [-0.05, 0) is 36.4 Å².